The molecule has 0 spiro atoms. The summed E-state index contributed by atoms with van der Waals surface area (Å²) in [4.78, 5) is 29.2. The van der Waals surface area contributed by atoms with Crippen LogP contribution < -0.4 is 16.6 Å². The monoisotopic (exact) mass is 509 g/mol. The maximum atomic E-state index is 12.7. The molecular formula is C29H43N5O3. The van der Waals surface area contributed by atoms with Crippen LogP contribution in [0, 0.1) is 24.7 Å². The van der Waals surface area contributed by atoms with Crippen LogP contribution in [0.3, 0.4) is 0 Å². The second-order valence-electron chi connectivity index (χ2n) is 12.0. The lowest BCUT2D eigenvalue weighted by molar-refractivity contribution is -0.147. The number of likely N-dealkylation sites (N-methyl/N-ethyl adjacent to an activating group) is 1. The third-order valence-corrected chi connectivity index (χ3v) is 7.70. The molecule has 2 aromatic rings. The molecule has 0 aromatic heterocycles. The average Bonchev–Trinajstić information content (AvgIpc) is 2.87. The summed E-state index contributed by atoms with van der Waals surface area (Å²) < 4.78 is 0. The molecule has 8 heteroatoms. The van der Waals surface area contributed by atoms with E-state index in [0.717, 1.165) is 34.4 Å². The van der Waals surface area contributed by atoms with Crippen LogP contribution in [0.1, 0.15) is 61.4 Å². The van der Waals surface area contributed by atoms with E-state index in [9.17, 15) is 14.7 Å². The van der Waals surface area contributed by atoms with E-state index in [1.54, 1.807) is 20.9 Å². The van der Waals surface area contributed by atoms with Crippen LogP contribution >= 0.6 is 0 Å². The normalized spacial score (nSPS) is 17.4. The summed E-state index contributed by atoms with van der Waals surface area (Å²) in [5.41, 5.74) is 11.3. The molecule has 0 bridgehead atoms. The van der Waals surface area contributed by atoms with Gasteiger partial charge in [-0.05, 0) is 67.0 Å². The lowest BCUT2D eigenvalue weighted by Gasteiger charge is -2.34. The van der Waals surface area contributed by atoms with Crippen LogP contribution in [-0.4, -0.2) is 60.5 Å². The highest BCUT2D eigenvalue weighted by molar-refractivity contribution is 5.79. The van der Waals surface area contributed by atoms with Crippen LogP contribution in [0.2, 0.25) is 0 Å². The molecule has 2 aromatic carbocycles. The molecule has 1 saturated heterocycles. The minimum atomic E-state index is -1.11. The Labute approximate surface area is 221 Å². The number of hydrogen-bond donors (Lipinski definition) is 3. The molecule has 1 amide bonds. The van der Waals surface area contributed by atoms with Gasteiger partial charge in [-0.25, -0.2) is 5.84 Å². The summed E-state index contributed by atoms with van der Waals surface area (Å²) in [5, 5.41) is 11.7. The second-order valence-corrected chi connectivity index (χ2v) is 12.0. The summed E-state index contributed by atoms with van der Waals surface area (Å²) in [5.74, 6) is 4.73. The third-order valence-electron chi connectivity index (χ3n) is 7.70. The zero-order valence-corrected chi connectivity index (χ0v) is 23.6. The predicted octanol–water partition coefficient (Wildman–Crippen LogP) is 3.74. The second kappa shape index (κ2) is 10.3. The Bertz CT molecular complexity index is 1190. The zero-order chi connectivity index (χ0) is 27.9. The molecule has 0 aliphatic carbocycles. The molecule has 1 heterocycles. The fourth-order valence-corrected chi connectivity index (χ4v) is 5.61. The van der Waals surface area contributed by atoms with E-state index in [1.165, 1.54) is 5.01 Å². The minimum Gasteiger partial charge on any atom is -0.481 e. The van der Waals surface area contributed by atoms with Crippen molar-refractivity contribution in [3.8, 4) is 0 Å². The standard InChI is InChI=1S/C29H43N5O3/c1-18-9-10-20(13-21(18)14-34-15-24(35)32(7)16-28(3,4)17-34)25(29(5,6)27(36)37)22-11-12-23(33(8)31)26(30)19(22)2/h9-13,25H,14-17,30-31H2,1-8H3,(H,36,37). The zero-order valence-electron chi connectivity index (χ0n) is 23.6. The lowest BCUT2D eigenvalue weighted by atomic mass is 9.69. The van der Waals surface area contributed by atoms with Crippen LogP contribution in [0.25, 0.3) is 0 Å². The van der Waals surface area contributed by atoms with E-state index in [2.05, 4.69) is 31.7 Å². The summed E-state index contributed by atoms with van der Waals surface area (Å²) in [6, 6.07) is 9.95. The van der Waals surface area contributed by atoms with E-state index < -0.39 is 17.3 Å². The summed E-state index contributed by atoms with van der Waals surface area (Å²) in [6.45, 7) is 14.3. The van der Waals surface area contributed by atoms with Gasteiger partial charge in [-0.2, -0.15) is 0 Å². The molecule has 37 heavy (non-hydrogen) atoms. The molecule has 5 N–H and O–H groups in total. The minimum absolute atomic E-state index is 0.0349. The van der Waals surface area contributed by atoms with Crippen LogP contribution in [0.4, 0.5) is 11.4 Å². The number of hydrogen-bond acceptors (Lipinski definition) is 6. The lowest BCUT2D eigenvalue weighted by Crippen LogP contribution is -2.35. The number of amides is 1. The number of aliphatic carboxylic acids is 1. The first-order valence-corrected chi connectivity index (χ1v) is 12.7. The van der Waals surface area contributed by atoms with Crippen molar-refractivity contribution in [2.24, 2.45) is 16.7 Å². The highest BCUT2D eigenvalue weighted by atomic mass is 16.4. The summed E-state index contributed by atoms with van der Waals surface area (Å²) >= 11 is 0. The van der Waals surface area contributed by atoms with Crippen molar-refractivity contribution < 1.29 is 14.7 Å². The van der Waals surface area contributed by atoms with Gasteiger partial charge in [-0.3, -0.25) is 14.5 Å². The van der Waals surface area contributed by atoms with E-state index >= 15 is 0 Å². The van der Waals surface area contributed by atoms with Crippen molar-refractivity contribution in [2.75, 3.05) is 44.5 Å². The van der Waals surface area contributed by atoms with Gasteiger partial charge in [0, 0.05) is 39.6 Å². The molecule has 8 nitrogen and oxygen atoms in total. The van der Waals surface area contributed by atoms with Crippen molar-refractivity contribution in [1.82, 2.24) is 9.80 Å². The smallest absolute Gasteiger partial charge is 0.310 e. The van der Waals surface area contributed by atoms with Gasteiger partial charge in [0.05, 0.1) is 23.3 Å². The first-order chi connectivity index (χ1) is 17.0. The van der Waals surface area contributed by atoms with Crippen LogP contribution in [0.5, 0.6) is 0 Å². The number of nitrogens with zero attached hydrogens (tertiary/aromatic N) is 3. The number of nitrogens with two attached hydrogens (primary N) is 2. The molecule has 3 rings (SSSR count). The summed E-state index contributed by atoms with van der Waals surface area (Å²) in [6.07, 6.45) is 0. The Kier molecular flexibility index (Phi) is 7.96. The van der Waals surface area contributed by atoms with Gasteiger partial charge in [0.2, 0.25) is 5.91 Å². The van der Waals surface area contributed by atoms with E-state index in [-0.39, 0.29) is 11.3 Å². The predicted molar refractivity (Wildman–Crippen MR) is 149 cm³/mol. The fraction of sp³-hybridized carbons (Fsp3) is 0.517. The molecule has 1 fully saturated rings. The molecule has 0 radical (unpaired) electrons. The van der Waals surface area contributed by atoms with Crippen molar-refractivity contribution in [3.05, 3.63) is 58.1 Å². The number of carbonyl (C=O) groups excluding carboxylic acids is 1. The van der Waals surface area contributed by atoms with Crippen LogP contribution in [-0.2, 0) is 16.1 Å². The Morgan fingerprint density at radius 3 is 2.43 bits per heavy atom. The first kappa shape index (κ1) is 28.5. The number of carboxylic acids is 1. The molecule has 1 unspecified atom stereocenters. The quantitative estimate of drug-likeness (QED) is 0.296. The molecule has 1 aliphatic rings. The number of benzene rings is 2. The van der Waals surface area contributed by atoms with Crippen LogP contribution in [0.15, 0.2) is 30.3 Å². The van der Waals surface area contributed by atoms with Gasteiger partial charge in [0.15, 0.2) is 0 Å². The van der Waals surface area contributed by atoms with Gasteiger partial charge in [0.1, 0.15) is 0 Å². The van der Waals surface area contributed by atoms with Crippen molar-refractivity contribution in [1.29, 1.82) is 0 Å². The Balaban J connectivity index is 2.10. The number of anilines is 2. The maximum absolute atomic E-state index is 12.7. The van der Waals surface area contributed by atoms with Crippen molar-refractivity contribution >= 4 is 23.3 Å². The number of carbonyl (C=O) groups is 2. The largest absolute Gasteiger partial charge is 0.481 e. The van der Waals surface area contributed by atoms with Gasteiger partial charge >= 0.3 is 5.97 Å². The first-order valence-electron chi connectivity index (χ1n) is 12.7. The number of nitrogen functional groups attached to an aromatic ring is 1. The molecule has 202 valence electrons. The summed E-state index contributed by atoms with van der Waals surface area (Å²) in [7, 11) is 3.59. The van der Waals surface area contributed by atoms with Gasteiger partial charge in [0.25, 0.3) is 0 Å². The van der Waals surface area contributed by atoms with E-state index in [0.29, 0.717) is 31.0 Å². The number of rotatable bonds is 7. The van der Waals surface area contributed by atoms with E-state index in [1.807, 2.05) is 43.1 Å². The SMILES string of the molecule is Cc1ccc(C(c2ccc(N(C)N)c(N)c2C)C(C)(C)C(=O)O)cc1CN1CC(=O)N(C)CC(C)(C)C1. The fourth-order valence-electron chi connectivity index (χ4n) is 5.61. The highest BCUT2D eigenvalue weighted by Gasteiger charge is 2.40. The van der Waals surface area contributed by atoms with E-state index in [4.69, 9.17) is 11.6 Å². The maximum Gasteiger partial charge on any atom is 0.310 e. The number of aryl methyl sites for hydroxylation is 1. The van der Waals surface area contributed by atoms with Gasteiger partial charge in [-0.15, -0.1) is 0 Å². The van der Waals surface area contributed by atoms with Crippen molar-refractivity contribution in [2.45, 2.75) is 54.0 Å². The Morgan fingerprint density at radius 2 is 1.84 bits per heavy atom. The van der Waals surface area contributed by atoms with Gasteiger partial charge in [-0.1, -0.05) is 38.1 Å². The van der Waals surface area contributed by atoms with Gasteiger partial charge < -0.3 is 20.7 Å². The Morgan fingerprint density at radius 1 is 1.19 bits per heavy atom. The average molecular weight is 510 g/mol. The highest BCUT2D eigenvalue weighted by Crippen LogP contribution is 2.45. The molecule has 1 atom stereocenters. The number of hydrazine groups is 1. The molecular weight excluding hydrogens is 466 g/mol. The number of carboxylic acid groups (broad SMARTS) is 1. The third kappa shape index (κ3) is 5.91. The molecule has 1 aliphatic heterocycles. The topological polar surface area (TPSA) is 116 Å². The molecule has 0 saturated carbocycles. The van der Waals surface area contributed by atoms with Crippen molar-refractivity contribution in [3.63, 3.8) is 0 Å². The Hall–Kier alpha value is -3.10.